The van der Waals surface area contributed by atoms with Crippen molar-refractivity contribution in [3.8, 4) is 0 Å². The van der Waals surface area contributed by atoms with E-state index in [0.29, 0.717) is 102 Å². The molecule has 0 N–H and O–H groups in total. The summed E-state index contributed by atoms with van der Waals surface area (Å²) in [6, 6.07) is 0. The van der Waals surface area contributed by atoms with Gasteiger partial charge in [0.25, 0.3) is 0 Å². The average Bonchev–Trinajstić information content (AvgIpc) is 1.48. The van der Waals surface area contributed by atoms with Crippen molar-refractivity contribution >= 4 is 107 Å². The van der Waals surface area contributed by atoms with E-state index < -0.39 is 134 Å². The molecule has 7 saturated carbocycles. The number of carbonyl (C=O) groups excluding carboxylic acids is 18. The monoisotopic (exact) mass is 1840 g/mol. The first-order valence-corrected chi connectivity index (χ1v) is 44.2. The SMILES string of the molecule is C=C(C)C(=O)OC(C)(C)C(=O)OC1(C)CCC2CC1(C)OC2=O.C=C(C)C(=O)OC(C)(C)C(=O)OC1CC2CC1C1C(=O)OCC21.C=C(C)C(=O)OC(C)(C)C(=O)OC1CC2CCC1(C)OC2=O.C=C(C)C(=O)OCCC(=O)OC1(C)CCC2CC1OC2=O.C=C(C)C(=O)OCCC(=O)OC1CCC2CC1OC2=O.C=CC(=O)OC(C)(C)C(=O)OC1(C)CCC2CC1(C)OC2=O. The van der Waals surface area contributed by atoms with Crippen LogP contribution in [0.15, 0.2) is 73.4 Å². The highest BCUT2D eigenvalue weighted by molar-refractivity contribution is 5.94. The summed E-state index contributed by atoms with van der Waals surface area (Å²) in [4.78, 5) is 212. The van der Waals surface area contributed by atoms with Gasteiger partial charge >= 0.3 is 107 Å². The molecule has 0 amide bonds. The molecule has 14 fully saturated rings. The second-order valence-corrected chi connectivity index (χ2v) is 39.4. The lowest BCUT2D eigenvalue weighted by Gasteiger charge is -2.48. The molecule has 12 bridgehead atoms. The predicted molar refractivity (Wildman–Crippen MR) is 453 cm³/mol. The normalized spacial score (nSPS) is 31.8. The minimum Gasteiger partial charge on any atom is -0.465 e. The maximum absolute atomic E-state index is 12.5. The van der Waals surface area contributed by atoms with Crippen molar-refractivity contribution in [1.29, 1.82) is 0 Å². The molecule has 36 heteroatoms. The molecular weight excluding hydrogens is 1720 g/mol. The number of carbonyl (C=O) groups is 18. The van der Waals surface area contributed by atoms with Gasteiger partial charge in [0.05, 0.1) is 55.0 Å². The third kappa shape index (κ3) is 25.0. The molecule has 20 atom stereocenters. The number of hydrogen-bond acceptors (Lipinski definition) is 36. The molecule has 20 unspecified atom stereocenters. The quantitative estimate of drug-likeness (QED) is 0.0441. The summed E-state index contributed by atoms with van der Waals surface area (Å²) in [6.45, 7) is 51.1. The minimum absolute atomic E-state index is 0.0143. The highest BCUT2D eigenvalue weighted by atomic mass is 16.7. The van der Waals surface area contributed by atoms with Gasteiger partial charge in [-0.15, -0.1) is 0 Å². The van der Waals surface area contributed by atoms with Crippen LogP contribution in [0.1, 0.15) is 254 Å². The molecule has 7 heterocycles. The van der Waals surface area contributed by atoms with Gasteiger partial charge in [0.1, 0.15) is 77.3 Å². The topological polar surface area (TPSA) is 473 Å². The summed E-state index contributed by atoms with van der Waals surface area (Å²) in [5, 5.41) is 0. The smallest absolute Gasteiger partial charge is 0.350 e. The molecule has 7 aliphatic heterocycles. The second kappa shape index (κ2) is 40.9. The minimum atomic E-state index is -1.45. The van der Waals surface area contributed by atoms with E-state index in [1.165, 1.54) is 90.0 Å². The van der Waals surface area contributed by atoms with E-state index in [9.17, 15) is 86.3 Å². The molecule has 36 nitrogen and oxygen atoms in total. The Hall–Kier alpha value is -11.1. The van der Waals surface area contributed by atoms with E-state index in [0.717, 1.165) is 25.3 Å². The van der Waals surface area contributed by atoms with Gasteiger partial charge in [0.2, 0.25) is 22.4 Å². The molecule has 0 aromatic rings. The summed E-state index contributed by atoms with van der Waals surface area (Å²) in [7, 11) is 0. The zero-order valence-electron chi connectivity index (χ0n) is 78.7. The molecule has 7 saturated heterocycles. The number of cyclic esters (lactones) is 1. The van der Waals surface area contributed by atoms with Gasteiger partial charge in [-0.25, -0.2) is 47.9 Å². The van der Waals surface area contributed by atoms with Crippen LogP contribution in [0.3, 0.4) is 0 Å². The molecule has 14 aliphatic rings. The molecule has 0 radical (unpaired) electrons. The zero-order chi connectivity index (χ0) is 98.4. The first kappa shape index (κ1) is 105. The molecule has 0 spiro atoms. The molecule has 0 aromatic carbocycles. The summed E-state index contributed by atoms with van der Waals surface area (Å²) in [5.74, 6) is -8.48. The lowest BCUT2D eigenvalue weighted by atomic mass is 9.71. The van der Waals surface area contributed by atoms with E-state index in [1.807, 2.05) is 0 Å². The molecule has 0 aromatic heterocycles. The number of ether oxygens (including phenoxy) is 18. The molecule has 724 valence electrons. The maximum Gasteiger partial charge on any atom is 0.350 e. The van der Waals surface area contributed by atoms with Crippen LogP contribution >= 0.6 is 0 Å². The van der Waals surface area contributed by atoms with Gasteiger partial charge in [-0.2, -0.15) is 0 Å². The van der Waals surface area contributed by atoms with Gasteiger partial charge in [-0.05, 0) is 215 Å². The van der Waals surface area contributed by atoms with Crippen molar-refractivity contribution in [2.75, 3.05) is 19.8 Å². The fraction of sp³-hybridized carbons (Fsp3) is 0.684. The van der Waals surface area contributed by atoms with Gasteiger partial charge in [0.15, 0.2) is 0 Å². The van der Waals surface area contributed by atoms with Gasteiger partial charge in [-0.3, -0.25) is 38.4 Å². The van der Waals surface area contributed by atoms with Crippen LogP contribution < -0.4 is 0 Å². The molecule has 14 rings (SSSR count). The Morgan fingerprint density at radius 1 is 0.412 bits per heavy atom. The number of rotatable bonds is 26. The number of esters is 18. The largest absolute Gasteiger partial charge is 0.465 e. The van der Waals surface area contributed by atoms with Crippen LogP contribution in [0, 0.1) is 53.3 Å². The highest BCUT2D eigenvalue weighted by Gasteiger charge is 2.65. The van der Waals surface area contributed by atoms with E-state index in [2.05, 4.69) is 39.5 Å². The van der Waals surface area contributed by atoms with Crippen LogP contribution in [0.25, 0.3) is 0 Å². The van der Waals surface area contributed by atoms with E-state index in [1.54, 1.807) is 41.5 Å². The number of fused-ring (bicyclic) bond motifs is 16. The third-order valence-corrected chi connectivity index (χ3v) is 26.6. The average molecular weight is 1850 g/mol. The van der Waals surface area contributed by atoms with Crippen molar-refractivity contribution in [2.24, 2.45) is 53.3 Å². The van der Waals surface area contributed by atoms with Gasteiger partial charge < -0.3 is 85.3 Å². The van der Waals surface area contributed by atoms with Crippen LogP contribution in [0.5, 0.6) is 0 Å². The lowest BCUT2D eigenvalue weighted by molar-refractivity contribution is -0.224. The molecule has 131 heavy (non-hydrogen) atoms. The predicted octanol–water partition coefficient (Wildman–Crippen LogP) is 10.4. The van der Waals surface area contributed by atoms with Crippen LogP contribution in [-0.4, -0.2) is 214 Å². The first-order valence-electron chi connectivity index (χ1n) is 44.2. The van der Waals surface area contributed by atoms with Crippen LogP contribution in [-0.2, 0) is 172 Å². The van der Waals surface area contributed by atoms with Crippen LogP contribution in [0.2, 0.25) is 0 Å². The third-order valence-electron chi connectivity index (χ3n) is 26.6. The maximum atomic E-state index is 12.5. The summed E-state index contributed by atoms with van der Waals surface area (Å²) >= 11 is 0. The summed E-state index contributed by atoms with van der Waals surface area (Å²) < 4.78 is 95.2. The summed E-state index contributed by atoms with van der Waals surface area (Å²) in [5.41, 5.74) is -9.65. The van der Waals surface area contributed by atoms with E-state index in [4.69, 9.17) is 85.3 Å². The fourth-order valence-electron chi connectivity index (χ4n) is 17.8. The number of hydrogen-bond donors (Lipinski definition) is 0. The Bertz CT molecular complexity index is 4610. The van der Waals surface area contributed by atoms with Crippen molar-refractivity contribution in [3.05, 3.63) is 73.4 Å². The Kier molecular flexibility index (Phi) is 32.9. The standard InChI is InChI=1S/C17H22O6.C17H24O6.2C16H22O6.C15H20O6.C14H18O6/c1-8(2)14(18)23-17(3,4)16(20)22-12-6-9-5-10(12)13-11(9)7-21-15(13)19;1-10(2)12(18)21-15(3,4)14(20)23-16(5)8-7-11-9-17(16,6)22-13(11)19;1-9(2)12(17)21-15(3,4)14(19)20-11-8-10-6-7-16(11,5)22-13(10)18;1-6-11(17)20-14(2,3)13(19)22-15(4)8-7-10-9-16(15,5)21-12(10)18;1-9(2)13(17)19-7-5-12(16)21-15(3)6-4-10-8-11(15)20-14(10)18;1-8(2)13(16)18-6-5-12(15)19-10-4-3-9-7-11(10)20-14(9)17/h9-13H,1,5-7H2,2-4H3;11H,1,7-9H2,2-6H3;10-11H,1,6-8H2,2-5H3;6,10H,1,7-9H2,2-5H3;10-11H,1,4-8H2,2-3H3;9-11H,1,3-7H2,2H3. The Morgan fingerprint density at radius 2 is 0.840 bits per heavy atom. The van der Waals surface area contributed by atoms with Crippen molar-refractivity contribution in [1.82, 2.24) is 0 Å². The summed E-state index contributed by atoms with van der Waals surface area (Å²) in [6.07, 6.45) is 9.74. The first-order chi connectivity index (χ1) is 60.5. The highest BCUT2D eigenvalue weighted by Crippen LogP contribution is 2.57. The van der Waals surface area contributed by atoms with Gasteiger partial charge in [-0.1, -0.05) is 39.5 Å². The molecular formula is C95H128O36. The Balaban J connectivity index is 0.000000194. The zero-order valence-corrected chi connectivity index (χ0v) is 78.7. The molecule has 7 aliphatic carbocycles. The van der Waals surface area contributed by atoms with Crippen molar-refractivity contribution in [3.63, 3.8) is 0 Å². The Morgan fingerprint density at radius 3 is 1.31 bits per heavy atom. The fourth-order valence-corrected chi connectivity index (χ4v) is 17.8. The van der Waals surface area contributed by atoms with Crippen LogP contribution in [0.4, 0.5) is 0 Å². The van der Waals surface area contributed by atoms with Gasteiger partial charge in [0, 0.05) is 77.9 Å². The Labute approximate surface area is 762 Å². The van der Waals surface area contributed by atoms with E-state index >= 15 is 0 Å². The lowest BCUT2D eigenvalue weighted by Crippen LogP contribution is -2.58. The van der Waals surface area contributed by atoms with E-state index in [-0.39, 0.29) is 161 Å². The second-order valence-electron chi connectivity index (χ2n) is 39.4. The van der Waals surface area contributed by atoms with Crippen molar-refractivity contribution in [2.45, 2.75) is 340 Å². The van der Waals surface area contributed by atoms with Crippen molar-refractivity contribution < 1.29 is 172 Å².